The molecule has 7 heteroatoms. The smallest absolute Gasteiger partial charge is 0.251 e. The van der Waals surface area contributed by atoms with Crippen molar-refractivity contribution in [1.29, 1.82) is 0 Å². The summed E-state index contributed by atoms with van der Waals surface area (Å²) in [6.45, 7) is 0. The third-order valence-corrected chi connectivity index (χ3v) is 5.55. The SMILES string of the molecule is Cl.Cn1nnc2cc(C(=O)NC3C4CCCC3CC(N)C4)ccc21. The highest BCUT2D eigenvalue weighted by Crippen LogP contribution is 2.39. The van der Waals surface area contributed by atoms with Crippen LogP contribution in [0.4, 0.5) is 0 Å². The molecule has 2 saturated carbocycles. The maximum atomic E-state index is 12.7. The number of benzene rings is 1. The maximum Gasteiger partial charge on any atom is 0.251 e. The molecule has 2 aliphatic rings. The average Bonchev–Trinajstić information content (AvgIpc) is 2.89. The number of carbonyl (C=O) groups excluding carboxylic acids is 1. The van der Waals surface area contributed by atoms with Gasteiger partial charge in [0.15, 0.2) is 0 Å². The second kappa shape index (κ2) is 6.69. The van der Waals surface area contributed by atoms with Crippen LogP contribution in [-0.2, 0) is 7.05 Å². The van der Waals surface area contributed by atoms with Crippen molar-refractivity contribution in [1.82, 2.24) is 20.3 Å². The Morgan fingerprint density at radius 2 is 2.00 bits per heavy atom. The second-order valence-corrected chi connectivity index (χ2v) is 7.10. The summed E-state index contributed by atoms with van der Waals surface area (Å²) >= 11 is 0. The largest absolute Gasteiger partial charge is 0.349 e. The van der Waals surface area contributed by atoms with E-state index in [9.17, 15) is 4.79 Å². The van der Waals surface area contributed by atoms with E-state index in [0.717, 1.165) is 23.9 Å². The number of fused-ring (bicyclic) bond motifs is 3. The van der Waals surface area contributed by atoms with E-state index < -0.39 is 0 Å². The zero-order chi connectivity index (χ0) is 16.0. The molecule has 4 rings (SSSR count). The number of nitrogens with two attached hydrogens (primary N) is 1. The number of nitrogens with one attached hydrogen (secondary N) is 1. The minimum Gasteiger partial charge on any atom is -0.349 e. The third kappa shape index (κ3) is 3.00. The van der Waals surface area contributed by atoms with Crippen LogP contribution in [-0.4, -0.2) is 33.0 Å². The normalized spacial score (nSPS) is 29.1. The first-order valence-electron chi connectivity index (χ1n) is 8.47. The van der Waals surface area contributed by atoms with Gasteiger partial charge in [-0.15, -0.1) is 17.5 Å². The fourth-order valence-electron chi connectivity index (χ4n) is 4.44. The number of nitrogens with zero attached hydrogens (tertiary/aromatic N) is 3. The quantitative estimate of drug-likeness (QED) is 0.868. The molecule has 0 spiro atoms. The van der Waals surface area contributed by atoms with E-state index >= 15 is 0 Å². The summed E-state index contributed by atoms with van der Waals surface area (Å²) in [7, 11) is 1.85. The minimum absolute atomic E-state index is 0. The lowest BCUT2D eigenvalue weighted by Crippen LogP contribution is -2.53. The van der Waals surface area contributed by atoms with Crippen LogP contribution in [0, 0.1) is 11.8 Å². The fraction of sp³-hybridized carbons (Fsp3) is 0.588. The lowest BCUT2D eigenvalue weighted by molar-refractivity contribution is 0.0756. The van der Waals surface area contributed by atoms with Gasteiger partial charge in [0.05, 0.1) is 5.52 Å². The fourth-order valence-corrected chi connectivity index (χ4v) is 4.44. The summed E-state index contributed by atoms with van der Waals surface area (Å²) < 4.78 is 1.71. The molecule has 0 aliphatic heterocycles. The first-order chi connectivity index (χ1) is 11.1. The van der Waals surface area contributed by atoms with Crippen LogP contribution >= 0.6 is 12.4 Å². The number of rotatable bonds is 2. The molecule has 130 valence electrons. The van der Waals surface area contributed by atoms with Gasteiger partial charge in [-0.3, -0.25) is 4.79 Å². The summed E-state index contributed by atoms with van der Waals surface area (Å²) in [5.74, 6) is 1.05. The second-order valence-electron chi connectivity index (χ2n) is 7.10. The summed E-state index contributed by atoms with van der Waals surface area (Å²) in [5.41, 5.74) is 8.51. The highest BCUT2D eigenvalue weighted by atomic mass is 35.5. The highest BCUT2D eigenvalue weighted by Gasteiger charge is 2.39. The molecule has 3 N–H and O–H groups in total. The predicted molar refractivity (Wildman–Crippen MR) is 95.1 cm³/mol. The van der Waals surface area contributed by atoms with Gasteiger partial charge in [-0.05, 0) is 55.7 Å². The van der Waals surface area contributed by atoms with Crippen LogP contribution in [0.3, 0.4) is 0 Å². The van der Waals surface area contributed by atoms with E-state index in [4.69, 9.17) is 5.73 Å². The van der Waals surface area contributed by atoms with Crippen LogP contribution < -0.4 is 11.1 Å². The molecule has 0 saturated heterocycles. The Labute approximate surface area is 147 Å². The average molecular weight is 350 g/mol. The number of amides is 1. The van der Waals surface area contributed by atoms with Crippen molar-refractivity contribution < 1.29 is 4.79 Å². The number of aryl methyl sites for hydroxylation is 1. The number of aromatic nitrogens is 3. The van der Waals surface area contributed by atoms with E-state index in [1.807, 2.05) is 25.2 Å². The van der Waals surface area contributed by atoms with Crippen molar-refractivity contribution in [3.05, 3.63) is 23.8 Å². The van der Waals surface area contributed by atoms with Crippen LogP contribution in [0.25, 0.3) is 11.0 Å². The standard InChI is InChI=1S/C17H23N5O.ClH/c1-22-15-6-5-12(9-14(15)20-21-22)17(23)19-16-10-3-2-4-11(16)8-13(18)7-10;/h5-6,9-11,13,16H,2-4,7-8,18H2,1H3,(H,19,23);1H. The molecule has 2 unspecified atom stereocenters. The molecule has 1 amide bonds. The monoisotopic (exact) mass is 349 g/mol. The summed E-state index contributed by atoms with van der Waals surface area (Å²) in [6, 6.07) is 6.15. The van der Waals surface area contributed by atoms with Gasteiger partial charge in [0.2, 0.25) is 0 Å². The van der Waals surface area contributed by atoms with Gasteiger partial charge in [0.1, 0.15) is 5.52 Å². The first-order valence-corrected chi connectivity index (χ1v) is 8.47. The number of carbonyl (C=O) groups is 1. The van der Waals surface area contributed by atoms with Gasteiger partial charge in [-0.2, -0.15) is 0 Å². The van der Waals surface area contributed by atoms with Gasteiger partial charge in [-0.25, -0.2) is 4.68 Å². The van der Waals surface area contributed by atoms with Gasteiger partial charge in [0, 0.05) is 24.7 Å². The van der Waals surface area contributed by atoms with Gasteiger partial charge in [0.25, 0.3) is 5.91 Å². The Bertz CT molecular complexity index is 732. The van der Waals surface area contributed by atoms with E-state index in [1.54, 1.807) is 4.68 Å². The molecule has 24 heavy (non-hydrogen) atoms. The van der Waals surface area contributed by atoms with Gasteiger partial charge >= 0.3 is 0 Å². The van der Waals surface area contributed by atoms with E-state index in [2.05, 4.69) is 15.6 Å². The molecule has 2 aliphatic carbocycles. The molecular weight excluding hydrogens is 326 g/mol. The van der Waals surface area contributed by atoms with E-state index in [-0.39, 0.29) is 24.4 Å². The molecule has 2 atom stereocenters. The molecular formula is C17H24ClN5O. The summed E-state index contributed by atoms with van der Waals surface area (Å²) in [5, 5.41) is 11.4. The molecule has 1 aromatic carbocycles. The topological polar surface area (TPSA) is 85.8 Å². The lowest BCUT2D eigenvalue weighted by Gasteiger charge is -2.45. The Morgan fingerprint density at radius 1 is 1.29 bits per heavy atom. The van der Waals surface area contributed by atoms with Crippen molar-refractivity contribution in [3.8, 4) is 0 Å². The van der Waals surface area contributed by atoms with Crippen LogP contribution in [0.1, 0.15) is 42.5 Å². The van der Waals surface area contributed by atoms with E-state index in [1.165, 1.54) is 19.3 Å². The van der Waals surface area contributed by atoms with Crippen molar-refractivity contribution in [2.24, 2.45) is 24.6 Å². The van der Waals surface area contributed by atoms with Crippen molar-refractivity contribution in [3.63, 3.8) is 0 Å². The van der Waals surface area contributed by atoms with Gasteiger partial charge < -0.3 is 11.1 Å². The number of hydrogen-bond acceptors (Lipinski definition) is 4. The van der Waals surface area contributed by atoms with Gasteiger partial charge in [-0.1, -0.05) is 11.6 Å². The first kappa shape index (κ1) is 17.2. The molecule has 6 nitrogen and oxygen atoms in total. The molecule has 1 heterocycles. The van der Waals surface area contributed by atoms with Crippen LogP contribution in [0.15, 0.2) is 18.2 Å². The van der Waals surface area contributed by atoms with Crippen molar-refractivity contribution in [2.75, 3.05) is 0 Å². The van der Waals surface area contributed by atoms with Crippen molar-refractivity contribution >= 4 is 29.3 Å². The zero-order valence-electron chi connectivity index (χ0n) is 13.8. The molecule has 1 aromatic heterocycles. The summed E-state index contributed by atoms with van der Waals surface area (Å²) in [4.78, 5) is 12.7. The number of hydrogen-bond donors (Lipinski definition) is 2. The zero-order valence-corrected chi connectivity index (χ0v) is 14.6. The van der Waals surface area contributed by atoms with Crippen LogP contribution in [0.2, 0.25) is 0 Å². The lowest BCUT2D eigenvalue weighted by atomic mass is 9.67. The minimum atomic E-state index is -0.00470. The predicted octanol–water partition coefficient (Wildman–Crippen LogP) is 2.03. The summed E-state index contributed by atoms with van der Waals surface area (Å²) in [6.07, 6.45) is 5.69. The van der Waals surface area contributed by atoms with Crippen LogP contribution in [0.5, 0.6) is 0 Å². The number of halogens is 1. The maximum absolute atomic E-state index is 12.7. The third-order valence-electron chi connectivity index (χ3n) is 5.55. The molecule has 2 aromatic rings. The molecule has 2 bridgehead atoms. The Morgan fingerprint density at radius 3 is 2.71 bits per heavy atom. The molecule has 0 radical (unpaired) electrons. The Kier molecular flexibility index (Phi) is 4.78. The Hall–Kier alpha value is -1.66. The highest BCUT2D eigenvalue weighted by molar-refractivity contribution is 5.97. The molecule has 2 fully saturated rings. The van der Waals surface area contributed by atoms with Crippen molar-refractivity contribution in [2.45, 2.75) is 44.2 Å². The Balaban J connectivity index is 0.00000169. The van der Waals surface area contributed by atoms with E-state index in [0.29, 0.717) is 23.4 Å².